The molecule has 3 radical (unpaired) electrons. The zero-order valence-corrected chi connectivity index (χ0v) is 4.61. The van der Waals surface area contributed by atoms with Crippen LogP contribution in [0.1, 0.15) is 0 Å². The van der Waals surface area contributed by atoms with Crippen molar-refractivity contribution < 1.29 is 32.7 Å². The van der Waals surface area contributed by atoms with E-state index in [4.69, 9.17) is 0 Å². The van der Waals surface area contributed by atoms with E-state index in [-0.39, 0.29) is 50.0 Å². The van der Waals surface area contributed by atoms with E-state index < -0.39 is 0 Å². The van der Waals surface area contributed by atoms with Crippen molar-refractivity contribution in [2.45, 2.75) is 0 Å². The van der Waals surface area contributed by atoms with Crippen molar-refractivity contribution >= 4 is 17.4 Å². The van der Waals surface area contributed by atoms with E-state index in [9.17, 15) is 0 Å². The summed E-state index contributed by atoms with van der Waals surface area (Å²) in [6.07, 6.45) is 0. The zero-order chi connectivity index (χ0) is 0. The molecule has 0 saturated heterocycles. The molecule has 0 aromatic carbocycles. The molecule has 0 aromatic rings. The van der Waals surface area contributed by atoms with Crippen LogP contribution in [0.25, 0.3) is 0 Å². The average Bonchev–Trinajstić information content (AvgIpc) is 0. The van der Waals surface area contributed by atoms with Gasteiger partial charge in [0, 0.05) is 17.4 Å². The van der Waals surface area contributed by atoms with Gasteiger partial charge in [-0.25, -0.2) is 0 Å². The molecular weight excluding hydrogens is 107 g/mol. The van der Waals surface area contributed by atoms with Crippen LogP contribution in [0.5, 0.6) is 0 Å². The average molecular weight is 107 g/mol. The van der Waals surface area contributed by atoms with Gasteiger partial charge >= 0.3 is 21.7 Å². The second-order valence-electron chi connectivity index (χ2n) is 0. The Morgan fingerprint density at radius 3 is 0.750 bits per heavy atom. The van der Waals surface area contributed by atoms with Crippen LogP contribution < -0.4 is 0 Å². The third kappa shape index (κ3) is 10.9. The minimum Gasteiger partial charge on any atom is -2.00 e. The first kappa shape index (κ1) is 65.9. The molecule has 0 unspecified atom stereocenters. The Hall–Kier alpha value is 1.17. The number of hydrogen-bond donors (Lipinski definition) is 0. The zero-order valence-electron chi connectivity index (χ0n) is 1.89. The van der Waals surface area contributed by atoms with Crippen LogP contribution >= 0.6 is 0 Å². The van der Waals surface area contributed by atoms with E-state index in [0.717, 1.165) is 0 Å². The van der Waals surface area contributed by atoms with Gasteiger partial charge in [-0.2, -0.15) is 0 Å². The molecule has 0 aliphatic carbocycles. The fourth-order valence-electron chi connectivity index (χ4n) is 0. The number of rotatable bonds is 0. The summed E-state index contributed by atoms with van der Waals surface area (Å²) in [4.78, 5) is 0. The molecule has 0 aromatic heterocycles. The third-order valence-corrected chi connectivity index (χ3v) is 0. The van der Waals surface area contributed by atoms with Crippen LogP contribution in [0.4, 0.5) is 0 Å². The standard InChI is InChI=1S/Al.2O.Ti/q;2*-2;+4. The third-order valence-electron chi connectivity index (χ3n) is 0. The van der Waals surface area contributed by atoms with Crippen molar-refractivity contribution in [3.63, 3.8) is 0 Å². The maximum absolute atomic E-state index is 0. The molecule has 0 atom stereocenters. The van der Waals surface area contributed by atoms with Gasteiger partial charge in [-0.05, 0) is 0 Å². The topological polar surface area (TPSA) is 57.0 Å². The van der Waals surface area contributed by atoms with Crippen molar-refractivity contribution in [3.05, 3.63) is 0 Å². The predicted octanol–water partition coefficient (Wildman–Crippen LogP) is -0.621. The Kier molecular flexibility index (Phi) is 506. The predicted molar refractivity (Wildman–Crippen MR) is 7.13 cm³/mol. The summed E-state index contributed by atoms with van der Waals surface area (Å²) < 4.78 is 0. The molecule has 0 amide bonds. The first-order valence-corrected chi connectivity index (χ1v) is 0. The van der Waals surface area contributed by atoms with Crippen molar-refractivity contribution in [2.75, 3.05) is 0 Å². The molecule has 0 fully saturated rings. The molecule has 0 aliphatic rings. The first-order chi connectivity index (χ1) is 0. The van der Waals surface area contributed by atoms with Gasteiger partial charge < -0.3 is 11.0 Å². The molecule has 0 aliphatic heterocycles. The summed E-state index contributed by atoms with van der Waals surface area (Å²) in [6.45, 7) is 0. The molecule has 0 heterocycles. The van der Waals surface area contributed by atoms with E-state index in [0.29, 0.717) is 0 Å². The Labute approximate surface area is 50.2 Å². The van der Waals surface area contributed by atoms with E-state index in [1.54, 1.807) is 0 Å². The van der Waals surface area contributed by atoms with Crippen LogP contribution in [-0.4, -0.2) is 17.4 Å². The van der Waals surface area contributed by atoms with Gasteiger partial charge in [0.25, 0.3) is 0 Å². The molecular formula is AlO2Ti. The molecule has 4 heavy (non-hydrogen) atoms. The normalized spacial score (nSPS) is 0. The molecule has 0 saturated carbocycles. The molecule has 19 valence electrons. The molecule has 0 rings (SSSR count). The van der Waals surface area contributed by atoms with Crippen LogP contribution in [0.15, 0.2) is 0 Å². The van der Waals surface area contributed by atoms with E-state index in [1.165, 1.54) is 0 Å². The monoisotopic (exact) mass is 107 g/mol. The van der Waals surface area contributed by atoms with E-state index in [1.807, 2.05) is 0 Å². The van der Waals surface area contributed by atoms with E-state index >= 15 is 0 Å². The maximum atomic E-state index is 0. The molecule has 2 nitrogen and oxygen atoms in total. The van der Waals surface area contributed by atoms with Crippen LogP contribution in [0, 0.1) is 0 Å². The van der Waals surface area contributed by atoms with Crippen LogP contribution in [0.3, 0.4) is 0 Å². The quantitative estimate of drug-likeness (QED) is 0.370. The summed E-state index contributed by atoms with van der Waals surface area (Å²) in [5.41, 5.74) is 0. The van der Waals surface area contributed by atoms with Gasteiger partial charge in [-0.3, -0.25) is 0 Å². The van der Waals surface area contributed by atoms with Gasteiger partial charge in [0.15, 0.2) is 0 Å². The Bertz CT molecular complexity index is 6.00. The Balaban J connectivity index is 0. The first-order valence-electron chi connectivity index (χ1n) is 0. The van der Waals surface area contributed by atoms with Gasteiger partial charge in [0.2, 0.25) is 0 Å². The van der Waals surface area contributed by atoms with Gasteiger partial charge in [0.1, 0.15) is 0 Å². The van der Waals surface area contributed by atoms with Crippen molar-refractivity contribution in [1.29, 1.82) is 0 Å². The largest absolute Gasteiger partial charge is 4.00 e. The smallest absolute Gasteiger partial charge is 2.00 e. The molecule has 0 N–H and O–H groups in total. The second-order valence-corrected chi connectivity index (χ2v) is 0. The van der Waals surface area contributed by atoms with E-state index in [2.05, 4.69) is 0 Å². The second kappa shape index (κ2) is 30.7. The van der Waals surface area contributed by atoms with Crippen molar-refractivity contribution in [2.24, 2.45) is 0 Å². The summed E-state index contributed by atoms with van der Waals surface area (Å²) in [5, 5.41) is 0. The van der Waals surface area contributed by atoms with Crippen LogP contribution in [0.2, 0.25) is 0 Å². The molecule has 0 bridgehead atoms. The Morgan fingerprint density at radius 1 is 0.750 bits per heavy atom. The molecule has 0 spiro atoms. The van der Waals surface area contributed by atoms with Crippen LogP contribution in [-0.2, 0) is 32.7 Å². The summed E-state index contributed by atoms with van der Waals surface area (Å²) in [6, 6.07) is 0. The van der Waals surface area contributed by atoms with Gasteiger partial charge in [-0.1, -0.05) is 0 Å². The fourth-order valence-corrected chi connectivity index (χ4v) is 0. The summed E-state index contributed by atoms with van der Waals surface area (Å²) in [7, 11) is 0. The number of hydrogen-bond acceptors (Lipinski definition) is 0. The van der Waals surface area contributed by atoms with Crippen molar-refractivity contribution in [3.8, 4) is 0 Å². The fraction of sp³-hybridized carbons (Fsp3) is 0. The minimum atomic E-state index is 0. The molecule has 4 heteroatoms. The SMILES string of the molecule is [Al].[O-2].[O-2].[Ti+4]. The van der Waals surface area contributed by atoms with Crippen molar-refractivity contribution in [1.82, 2.24) is 0 Å². The summed E-state index contributed by atoms with van der Waals surface area (Å²) >= 11 is 0. The van der Waals surface area contributed by atoms with Gasteiger partial charge in [-0.15, -0.1) is 0 Å². The maximum Gasteiger partial charge on any atom is 4.00 e. The summed E-state index contributed by atoms with van der Waals surface area (Å²) in [5.74, 6) is 0. The van der Waals surface area contributed by atoms with Gasteiger partial charge in [0.05, 0.1) is 0 Å². The Morgan fingerprint density at radius 2 is 0.750 bits per heavy atom. The minimum absolute atomic E-state index is 0.